The Labute approximate surface area is 150 Å². The zero-order valence-corrected chi connectivity index (χ0v) is 14.0. The van der Waals surface area contributed by atoms with Crippen LogP contribution in [0.15, 0.2) is 83.9 Å². The van der Waals surface area contributed by atoms with Gasteiger partial charge < -0.3 is 14.8 Å². The predicted molar refractivity (Wildman–Crippen MR) is 103 cm³/mol. The minimum absolute atomic E-state index is 0.417. The molecule has 2 N–H and O–H groups in total. The van der Waals surface area contributed by atoms with Crippen molar-refractivity contribution in [3.8, 4) is 22.6 Å². The van der Waals surface area contributed by atoms with E-state index in [-0.39, 0.29) is 0 Å². The van der Waals surface area contributed by atoms with Crippen molar-refractivity contribution in [1.82, 2.24) is 4.57 Å². The summed E-state index contributed by atoms with van der Waals surface area (Å²) in [6.45, 7) is 0.417. The summed E-state index contributed by atoms with van der Waals surface area (Å²) in [5.41, 5.74) is 2.45. The predicted octanol–water partition coefficient (Wildman–Crippen LogP) is 4.13. The third-order valence-electron chi connectivity index (χ3n) is 4.49. The van der Waals surface area contributed by atoms with Crippen molar-refractivity contribution in [1.29, 1.82) is 0 Å². The quantitative estimate of drug-likeness (QED) is 0.588. The van der Waals surface area contributed by atoms with Gasteiger partial charge in [0.05, 0.1) is 12.4 Å². The molecular weight excluding hydrogens is 326 g/mol. The fraction of sp³-hybridized carbons (Fsp3) is 0.0455. The standard InChI is InChI=1S/C22H17NO3/c24-20-13-23(14-21(25)22(20)26)12-16-7-2-4-10-18(16)19-11-5-8-15-6-1-3-9-17(15)19/h1-11,13-14,24-25H,12H2. The first-order valence-electron chi connectivity index (χ1n) is 8.31. The van der Waals surface area contributed by atoms with Gasteiger partial charge in [-0.25, -0.2) is 0 Å². The molecule has 3 aromatic carbocycles. The number of aromatic hydroxyl groups is 2. The highest BCUT2D eigenvalue weighted by atomic mass is 16.3. The van der Waals surface area contributed by atoms with E-state index in [9.17, 15) is 15.0 Å². The van der Waals surface area contributed by atoms with Crippen LogP contribution in [0, 0.1) is 0 Å². The van der Waals surface area contributed by atoms with Crippen LogP contribution in [0.2, 0.25) is 0 Å². The van der Waals surface area contributed by atoms with Crippen molar-refractivity contribution in [3.63, 3.8) is 0 Å². The lowest BCUT2D eigenvalue weighted by Crippen LogP contribution is -2.08. The smallest absolute Gasteiger partial charge is 0.264 e. The minimum Gasteiger partial charge on any atom is -0.503 e. The molecule has 0 bridgehead atoms. The second-order valence-electron chi connectivity index (χ2n) is 6.21. The largest absolute Gasteiger partial charge is 0.503 e. The molecule has 4 aromatic rings. The normalized spacial score (nSPS) is 10.9. The van der Waals surface area contributed by atoms with Crippen LogP contribution in [0.5, 0.6) is 11.5 Å². The molecule has 1 aromatic heterocycles. The van der Waals surface area contributed by atoms with Crippen molar-refractivity contribution >= 4 is 10.8 Å². The van der Waals surface area contributed by atoms with Crippen LogP contribution in [-0.2, 0) is 6.54 Å². The summed E-state index contributed by atoms with van der Waals surface area (Å²) in [5.74, 6) is -0.930. The van der Waals surface area contributed by atoms with E-state index in [1.165, 1.54) is 17.8 Å². The number of nitrogens with zero attached hydrogens (tertiary/aromatic N) is 1. The molecule has 0 aliphatic rings. The van der Waals surface area contributed by atoms with E-state index in [0.29, 0.717) is 6.54 Å². The Morgan fingerprint density at radius 2 is 1.35 bits per heavy atom. The molecule has 4 rings (SSSR count). The molecule has 128 valence electrons. The van der Waals surface area contributed by atoms with Crippen molar-refractivity contribution in [2.45, 2.75) is 6.54 Å². The minimum atomic E-state index is -0.761. The van der Waals surface area contributed by atoms with E-state index in [0.717, 1.165) is 22.1 Å². The lowest BCUT2D eigenvalue weighted by atomic mass is 9.94. The molecule has 0 fully saturated rings. The van der Waals surface area contributed by atoms with Gasteiger partial charge in [0.2, 0.25) is 0 Å². The molecule has 0 saturated carbocycles. The average molecular weight is 343 g/mol. The van der Waals surface area contributed by atoms with Crippen LogP contribution in [0.4, 0.5) is 0 Å². The molecule has 0 spiro atoms. The summed E-state index contributed by atoms with van der Waals surface area (Å²) < 4.78 is 1.61. The van der Waals surface area contributed by atoms with Gasteiger partial charge in [0.1, 0.15) is 0 Å². The molecule has 4 heteroatoms. The molecular formula is C22H17NO3. The molecule has 0 radical (unpaired) electrons. The maximum Gasteiger partial charge on any atom is 0.264 e. The third kappa shape index (κ3) is 2.82. The number of aromatic nitrogens is 1. The Morgan fingerprint density at radius 1 is 0.731 bits per heavy atom. The highest BCUT2D eigenvalue weighted by Gasteiger charge is 2.10. The Balaban J connectivity index is 1.84. The average Bonchev–Trinajstić information content (AvgIpc) is 2.66. The first-order valence-corrected chi connectivity index (χ1v) is 8.31. The lowest BCUT2D eigenvalue weighted by molar-refractivity contribution is 0.429. The van der Waals surface area contributed by atoms with Crippen LogP contribution >= 0.6 is 0 Å². The highest BCUT2D eigenvalue weighted by molar-refractivity contribution is 5.97. The fourth-order valence-electron chi connectivity index (χ4n) is 3.27. The van der Waals surface area contributed by atoms with Crippen LogP contribution in [0.1, 0.15) is 5.56 Å². The van der Waals surface area contributed by atoms with E-state index in [1.807, 2.05) is 36.4 Å². The summed E-state index contributed by atoms with van der Waals surface area (Å²) >= 11 is 0. The zero-order valence-electron chi connectivity index (χ0n) is 14.0. The molecule has 0 unspecified atom stereocenters. The van der Waals surface area contributed by atoms with Crippen LogP contribution in [0.3, 0.4) is 0 Å². The molecule has 0 aliphatic heterocycles. The van der Waals surface area contributed by atoms with E-state index in [2.05, 4.69) is 30.3 Å². The number of benzene rings is 3. The number of hydrogen-bond donors (Lipinski definition) is 2. The Hall–Kier alpha value is -3.53. The maximum atomic E-state index is 11.5. The first-order chi connectivity index (χ1) is 12.6. The maximum absolute atomic E-state index is 11.5. The molecule has 0 amide bonds. The van der Waals surface area contributed by atoms with E-state index < -0.39 is 16.9 Å². The number of pyridine rings is 1. The monoisotopic (exact) mass is 343 g/mol. The molecule has 4 nitrogen and oxygen atoms in total. The van der Waals surface area contributed by atoms with Crippen molar-refractivity contribution < 1.29 is 10.2 Å². The summed E-state index contributed by atoms with van der Waals surface area (Å²) in [4.78, 5) is 11.5. The van der Waals surface area contributed by atoms with Gasteiger partial charge in [-0.15, -0.1) is 0 Å². The van der Waals surface area contributed by atoms with E-state index in [4.69, 9.17) is 0 Å². The summed E-state index contributed by atoms with van der Waals surface area (Å²) in [6.07, 6.45) is 2.67. The van der Waals surface area contributed by atoms with Crippen molar-refractivity contribution in [3.05, 3.63) is 94.9 Å². The summed E-state index contributed by atoms with van der Waals surface area (Å²) in [6, 6.07) is 22.4. The Bertz CT molecular complexity index is 1130. The van der Waals surface area contributed by atoms with Crippen LogP contribution in [-0.4, -0.2) is 14.8 Å². The second-order valence-corrected chi connectivity index (χ2v) is 6.21. The van der Waals surface area contributed by atoms with Crippen LogP contribution in [0.25, 0.3) is 21.9 Å². The van der Waals surface area contributed by atoms with Gasteiger partial charge in [-0.2, -0.15) is 0 Å². The van der Waals surface area contributed by atoms with Gasteiger partial charge in [-0.1, -0.05) is 66.7 Å². The molecule has 0 atom stereocenters. The van der Waals surface area contributed by atoms with Gasteiger partial charge in [0.15, 0.2) is 11.5 Å². The fourth-order valence-corrected chi connectivity index (χ4v) is 3.27. The van der Waals surface area contributed by atoms with Gasteiger partial charge in [0.25, 0.3) is 5.43 Å². The third-order valence-corrected chi connectivity index (χ3v) is 4.49. The van der Waals surface area contributed by atoms with Crippen molar-refractivity contribution in [2.75, 3.05) is 0 Å². The number of fused-ring (bicyclic) bond motifs is 1. The van der Waals surface area contributed by atoms with E-state index in [1.54, 1.807) is 4.57 Å². The van der Waals surface area contributed by atoms with Crippen LogP contribution < -0.4 is 5.43 Å². The molecule has 0 aliphatic carbocycles. The summed E-state index contributed by atoms with van der Waals surface area (Å²) in [7, 11) is 0. The Kier molecular flexibility index (Phi) is 3.93. The summed E-state index contributed by atoms with van der Waals surface area (Å²) in [5, 5.41) is 21.7. The number of rotatable bonds is 3. The van der Waals surface area contributed by atoms with Crippen molar-refractivity contribution in [2.24, 2.45) is 0 Å². The number of hydrogen-bond acceptors (Lipinski definition) is 3. The lowest BCUT2D eigenvalue weighted by Gasteiger charge is -2.14. The SMILES string of the molecule is O=c1c(O)cn(Cc2ccccc2-c2cccc3ccccc23)cc1O. The molecule has 1 heterocycles. The topological polar surface area (TPSA) is 62.5 Å². The highest BCUT2D eigenvalue weighted by Crippen LogP contribution is 2.31. The van der Waals surface area contributed by atoms with Gasteiger partial charge >= 0.3 is 0 Å². The van der Waals surface area contributed by atoms with Gasteiger partial charge in [0, 0.05) is 6.54 Å². The first kappa shape index (κ1) is 16.0. The van der Waals surface area contributed by atoms with Gasteiger partial charge in [-0.3, -0.25) is 4.79 Å². The van der Waals surface area contributed by atoms with Gasteiger partial charge in [-0.05, 0) is 27.5 Å². The Morgan fingerprint density at radius 3 is 2.15 bits per heavy atom. The molecule has 0 saturated heterocycles. The second kappa shape index (κ2) is 6.41. The van der Waals surface area contributed by atoms with E-state index >= 15 is 0 Å². The molecule has 26 heavy (non-hydrogen) atoms. The zero-order chi connectivity index (χ0) is 18.1.